The zero-order valence-electron chi connectivity index (χ0n) is 15.1. The average molecular weight is 375 g/mol. The van der Waals surface area contributed by atoms with Gasteiger partial charge in [0.2, 0.25) is 0 Å². The van der Waals surface area contributed by atoms with Gasteiger partial charge in [0.1, 0.15) is 17.3 Å². The first-order valence-electron chi connectivity index (χ1n) is 9.55. The molecule has 1 amide bonds. The lowest BCUT2D eigenvalue weighted by atomic mass is 9.81. The highest BCUT2D eigenvalue weighted by atomic mass is 19.1. The maximum absolute atomic E-state index is 13.6. The summed E-state index contributed by atoms with van der Waals surface area (Å²) in [4.78, 5) is 17.3. The molecule has 140 valence electrons. The number of pyridine rings is 1. The Hall–Kier alpha value is -2.99. The first-order valence-corrected chi connectivity index (χ1v) is 9.55. The van der Waals surface area contributed by atoms with Gasteiger partial charge in [-0.15, -0.1) is 0 Å². The van der Waals surface area contributed by atoms with Gasteiger partial charge in [-0.1, -0.05) is 12.1 Å². The maximum atomic E-state index is 13.6. The molecule has 3 aliphatic rings. The lowest BCUT2D eigenvalue weighted by Gasteiger charge is -2.45. The molecule has 0 unspecified atom stereocenters. The molecule has 1 spiro atoms. The summed E-state index contributed by atoms with van der Waals surface area (Å²) in [5.74, 6) is 1.23. The van der Waals surface area contributed by atoms with Gasteiger partial charge >= 0.3 is 0 Å². The van der Waals surface area contributed by atoms with Crippen LogP contribution in [0.3, 0.4) is 0 Å². The zero-order chi connectivity index (χ0) is 18.9. The minimum absolute atomic E-state index is 0.0318. The monoisotopic (exact) mass is 375 g/mol. The molecule has 6 heteroatoms. The van der Waals surface area contributed by atoms with Crippen LogP contribution in [-0.4, -0.2) is 29.5 Å². The number of benzene rings is 1. The van der Waals surface area contributed by atoms with Gasteiger partial charge in [-0.3, -0.25) is 9.78 Å². The Labute approximate surface area is 161 Å². The zero-order valence-corrected chi connectivity index (χ0v) is 15.1. The summed E-state index contributed by atoms with van der Waals surface area (Å²) in [5, 5.41) is 6.41. The number of fused-ring (bicyclic) bond motifs is 5. The van der Waals surface area contributed by atoms with E-state index in [1.165, 1.54) is 12.1 Å². The first kappa shape index (κ1) is 16.0. The van der Waals surface area contributed by atoms with E-state index in [9.17, 15) is 9.18 Å². The summed E-state index contributed by atoms with van der Waals surface area (Å²) in [7, 11) is 0. The third-order valence-electron chi connectivity index (χ3n) is 6.11. The van der Waals surface area contributed by atoms with Crippen LogP contribution in [0.25, 0.3) is 22.6 Å². The van der Waals surface area contributed by atoms with E-state index in [4.69, 9.17) is 4.42 Å². The van der Waals surface area contributed by atoms with Crippen molar-refractivity contribution in [1.29, 1.82) is 0 Å². The lowest BCUT2D eigenvalue weighted by molar-refractivity contribution is 0.0815. The Morgan fingerprint density at radius 2 is 2.07 bits per heavy atom. The minimum atomic E-state index is -0.290. The second-order valence-corrected chi connectivity index (χ2v) is 7.96. The van der Waals surface area contributed by atoms with Gasteiger partial charge in [0.25, 0.3) is 5.91 Å². The van der Waals surface area contributed by atoms with Crippen LogP contribution in [-0.2, 0) is 19.3 Å². The van der Waals surface area contributed by atoms with E-state index in [0.717, 1.165) is 59.7 Å². The number of nitrogens with zero attached hydrogens (tertiary/aromatic N) is 1. The van der Waals surface area contributed by atoms with Crippen molar-refractivity contribution in [2.45, 2.75) is 24.8 Å². The molecule has 1 aliphatic carbocycles. The van der Waals surface area contributed by atoms with Crippen molar-refractivity contribution in [3.8, 4) is 22.6 Å². The predicted molar refractivity (Wildman–Crippen MR) is 102 cm³/mol. The van der Waals surface area contributed by atoms with E-state index < -0.39 is 0 Å². The smallest absolute Gasteiger partial charge is 0.255 e. The van der Waals surface area contributed by atoms with Crippen LogP contribution in [0.5, 0.6) is 0 Å². The SMILES string of the molecule is O=C1NC2(CNC2)Cc2oc3c(c21)CCc1cnc(-c2cccc(F)c2)cc1-3. The summed E-state index contributed by atoms with van der Waals surface area (Å²) in [6, 6.07) is 8.38. The molecule has 2 aromatic heterocycles. The summed E-state index contributed by atoms with van der Waals surface area (Å²) in [6.45, 7) is 1.54. The number of aryl methyl sites for hydroxylation is 1. The van der Waals surface area contributed by atoms with Crippen molar-refractivity contribution in [2.24, 2.45) is 0 Å². The number of carbonyl (C=O) groups is 1. The van der Waals surface area contributed by atoms with Crippen LogP contribution >= 0.6 is 0 Å². The number of amides is 1. The van der Waals surface area contributed by atoms with E-state index in [-0.39, 0.29) is 17.3 Å². The Morgan fingerprint density at radius 3 is 2.86 bits per heavy atom. The quantitative estimate of drug-likeness (QED) is 0.686. The van der Waals surface area contributed by atoms with Crippen molar-refractivity contribution in [3.05, 3.63) is 64.8 Å². The average Bonchev–Trinajstić information content (AvgIpc) is 3.05. The number of aromatic nitrogens is 1. The van der Waals surface area contributed by atoms with E-state index in [1.807, 2.05) is 18.3 Å². The number of furan rings is 1. The molecular weight excluding hydrogens is 357 g/mol. The van der Waals surface area contributed by atoms with Gasteiger partial charge in [-0.25, -0.2) is 4.39 Å². The van der Waals surface area contributed by atoms with E-state index in [0.29, 0.717) is 17.7 Å². The van der Waals surface area contributed by atoms with Gasteiger partial charge < -0.3 is 15.1 Å². The van der Waals surface area contributed by atoms with Crippen LogP contribution < -0.4 is 10.6 Å². The van der Waals surface area contributed by atoms with Crippen LogP contribution in [0.4, 0.5) is 4.39 Å². The van der Waals surface area contributed by atoms with Gasteiger partial charge in [0, 0.05) is 42.4 Å². The summed E-state index contributed by atoms with van der Waals surface area (Å²) >= 11 is 0. The van der Waals surface area contributed by atoms with Gasteiger partial charge in [0.05, 0.1) is 16.8 Å². The normalized spacial score (nSPS) is 18.7. The lowest BCUT2D eigenvalue weighted by Crippen LogP contribution is -2.71. The van der Waals surface area contributed by atoms with E-state index in [2.05, 4.69) is 15.6 Å². The van der Waals surface area contributed by atoms with Crippen molar-refractivity contribution < 1.29 is 13.6 Å². The van der Waals surface area contributed by atoms with Crippen LogP contribution in [0.2, 0.25) is 0 Å². The summed E-state index contributed by atoms with van der Waals surface area (Å²) in [6.07, 6.45) is 4.13. The van der Waals surface area contributed by atoms with Crippen molar-refractivity contribution >= 4 is 5.91 Å². The molecule has 28 heavy (non-hydrogen) atoms. The van der Waals surface area contributed by atoms with E-state index >= 15 is 0 Å². The first-order chi connectivity index (χ1) is 13.6. The number of carbonyl (C=O) groups excluding carboxylic acids is 1. The highest BCUT2D eigenvalue weighted by molar-refractivity contribution is 6.00. The molecule has 2 N–H and O–H groups in total. The number of rotatable bonds is 1. The Balaban J connectivity index is 1.48. The Bertz CT molecular complexity index is 1150. The standard InChI is InChI=1S/C22H18FN3O2/c23-14-3-1-2-12(6-14)17-7-16-13(9-25-17)4-5-15-19-18(28-20(15)16)8-22(10-24-11-22)26-21(19)27/h1-3,6-7,9,24H,4-5,8,10-11H2,(H,26,27). The molecule has 0 bridgehead atoms. The largest absolute Gasteiger partial charge is 0.460 e. The third kappa shape index (κ3) is 2.21. The van der Waals surface area contributed by atoms with Crippen molar-refractivity contribution in [1.82, 2.24) is 15.6 Å². The van der Waals surface area contributed by atoms with Crippen LogP contribution in [0.1, 0.15) is 27.2 Å². The topological polar surface area (TPSA) is 67.2 Å². The molecule has 1 aromatic carbocycles. The van der Waals surface area contributed by atoms with Crippen LogP contribution in [0.15, 0.2) is 40.9 Å². The van der Waals surface area contributed by atoms with Crippen molar-refractivity contribution in [3.63, 3.8) is 0 Å². The molecule has 0 atom stereocenters. The van der Waals surface area contributed by atoms with Gasteiger partial charge in [-0.05, 0) is 36.6 Å². The minimum Gasteiger partial charge on any atom is -0.460 e. The van der Waals surface area contributed by atoms with Crippen LogP contribution in [0, 0.1) is 5.82 Å². The Morgan fingerprint density at radius 1 is 1.18 bits per heavy atom. The van der Waals surface area contributed by atoms with Crippen molar-refractivity contribution in [2.75, 3.05) is 13.1 Å². The highest BCUT2D eigenvalue weighted by Gasteiger charge is 2.46. The fraction of sp³-hybridized carbons (Fsp3) is 0.273. The fourth-order valence-electron chi connectivity index (χ4n) is 4.62. The summed E-state index contributed by atoms with van der Waals surface area (Å²) in [5.41, 5.74) is 4.96. The second-order valence-electron chi connectivity index (χ2n) is 7.96. The molecule has 4 heterocycles. The number of nitrogens with one attached hydrogen (secondary N) is 2. The molecule has 1 fully saturated rings. The molecule has 3 aromatic rings. The number of halogens is 1. The molecule has 2 aliphatic heterocycles. The predicted octanol–water partition coefficient (Wildman–Crippen LogP) is 2.87. The molecule has 0 saturated carbocycles. The highest BCUT2D eigenvalue weighted by Crippen LogP contribution is 2.42. The molecule has 5 nitrogen and oxygen atoms in total. The molecular formula is C22H18FN3O2. The summed E-state index contributed by atoms with van der Waals surface area (Å²) < 4.78 is 19.9. The third-order valence-corrected chi connectivity index (χ3v) is 6.11. The number of hydrogen-bond donors (Lipinski definition) is 2. The maximum Gasteiger partial charge on any atom is 0.255 e. The van der Waals surface area contributed by atoms with Gasteiger partial charge in [-0.2, -0.15) is 0 Å². The fourth-order valence-corrected chi connectivity index (χ4v) is 4.62. The molecule has 6 rings (SSSR count). The number of hydrogen-bond acceptors (Lipinski definition) is 4. The second kappa shape index (κ2) is 5.52. The Kier molecular flexibility index (Phi) is 3.15. The van der Waals surface area contributed by atoms with E-state index in [1.54, 1.807) is 6.07 Å². The molecule has 1 saturated heterocycles. The molecule has 0 radical (unpaired) electrons. The van der Waals surface area contributed by atoms with Gasteiger partial charge in [0.15, 0.2) is 0 Å².